The molecule has 1 aromatic rings. The number of rotatable bonds is 2. The Morgan fingerprint density at radius 3 is 2.75 bits per heavy atom. The zero-order chi connectivity index (χ0) is 11.6. The van der Waals surface area contributed by atoms with E-state index in [9.17, 15) is 9.50 Å². The van der Waals surface area contributed by atoms with Crippen molar-refractivity contribution in [2.75, 3.05) is 13.1 Å². The topological polar surface area (TPSA) is 32.3 Å². The van der Waals surface area contributed by atoms with Crippen molar-refractivity contribution in [1.82, 2.24) is 5.32 Å². The van der Waals surface area contributed by atoms with E-state index in [-0.39, 0.29) is 5.82 Å². The highest BCUT2D eigenvalue weighted by Crippen LogP contribution is 2.27. The number of hydrogen-bond donors (Lipinski definition) is 2. The third-order valence-electron chi connectivity index (χ3n) is 3.06. The van der Waals surface area contributed by atoms with Gasteiger partial charge in [0, 0.05) is 11.4 Å². The second-order valence-corrected chi connectivity index (χ2v) is 4.79. The van der Waals surface area contributed by atoms with Crippen molar-refractivity contribution >= 4 is 11.6 Å². The summed E-state index contributed by atoms with van der Waals surface area (Å²) >= 11 is 5.98. The Bertz CT molecular complexity index is 377. The van der Waals surface area contributed by atoms with Crippen LogP contribution in [0.5, 0.6) is 0 Å². The molecule has 0 saturated carbocycles. The maximum absolute atomic E-state index is 13.1. The Balaban J connectivity index is 2.15. The van der Waals surface area contributed by atoms with Crippen LogP contribution < -0.4 is 5.32 Å². The van der Waals surface area contributed by atoms with Crippen molar-refractivity contribution < 1.29 is 9.50 Å². The first-order chi connectivity index (χ1) is 7.59. The summed E-state index contributed by atoms with van der Waals surface area (Å²) in [5.74, 6) is -0.308. The Hall–Kier alpha value is -0.640. The molecule has 4 heteroatoms. The fraction of sp³-hybridized carbons (Fsp3) is 0.500. The van der Waals surface area contributed by atoms with Crippen LogP contribution in [-0.4, -0.2) is 23.8 Å². The van der Waals surface area contributed by atoms with Crippen molar-refractivity contribution in [1.29, 1.82) is 0 Å². The molecule has 1 aliphatic heterocycles. The highest BCUT2D eigenvalue weighted by atomic mass is 35.5. The van der Waals surface area contributed by atoms with Crippen LogP contribution in [-0.2, 0) is 6.42 Å². The average Bonchev–Trinajstić information content (AvgIpc) is 2.24. The molecule has 0 aromatic heterocycles. The third kappa shape index (κ3) is 2.73. The number of nitrogens with one attached hydrogen (secondary N) is 1. The Kier molecular flexibility index (Phi) is 3.47. The predicted octanol–water partition coefficient (Wildman–Crippen LogP) is 2.14. The smallest absolute Gasteiger partial charge is 0.123 e. The monoisotopic (exact) mass is 243 g/mol. The van der Waals surface area contributed by atoms with Gasteiger partial charge in [-0.25, -0.2) is 4.39 Å². The van der Waals surface area contributed by atoms with Crippen LogP contribution in [0.3, 0.4) is 0 Å². The molecule has 0 aliphatic carbocycles. The standard InChI is InChI=1S/C12H15ClFNO/c13-11-2-1-10(14)7-9(11)8-12(16)3-5-15-6-4-12/h1-2,7,15-16H,3-6,8H2. The second-order valence-electron chi connectivity index (χ2n) is 4.39. The van der Waals surface area contributed by atoms with Gasteiger partial charge in [0.05, 0.1) is 5.60 Å². The molecule has 0 atom stereocenters. The van der Waals surface area contributed by atoms with Crippen LogP contribution in [0.1, 0.15) is 18.4 Å². The summed E-state index contributed by atoms with van der Waals surface area (Å²) in [7, 11) is 0. The maximum Gasteiger partial charge on any atom is 0.123 e. The summed E-state index contributed by atoms with van der Waals surface area (Å²) in [6.45, 7) is 1.59. The SMILES string of the molecule is OC1(Cc2cc(F)ccc2Cl)CCNCC1. The van der Waals surface area contributed by atoms with E-state index in [2.05, 4.69) is 5.32 Å². The van der Waals surface area contributed by atoms with Crippen molar-refractivity contribution in [2.45, 2.75) is 24.9 Å². The summed E-state index contributed by atoms with van der Waals surface area (Å²) < 4.78 is 13.1. The van der Waals surface area contributed by atoms with Crippen LogP contribution in [0.4, 0.5) is 4.39 Å². The van der Waals surface area contributed by atoms with Gasteiger partial charge in [0.1, 0.15) is 5.82 Å². The second kappa shape index (κ2) is 4.70. The van der Waals surface area contributed by atoms with Crippen molar-refractivity contribution in [3.63, 3.8) is 0 Å². The minimum atomic E-state index is -0.747. The molecule has 1 aliphatic rings. The highest BCUT2D eigenvalue weighted by Gasteiger charge is 2.29. The normalized spacial score (nSPS) is 19.7. The van der Waals surface area contributed by atoms with Gasteiger partial charge in [-0.05, 0) is 49.7 Å². The van der Waals surface area contributed by atoms with E-state index in [0.29, 0.717) is 29.8 Å². The van der Waals surface area contributed by atoms with Gasteiger partial charge in [-0.15, -0.1) is 0 Å². The van der Waals surface area contributed by atoms with Crippen LogP contribution in [0.15, 0.2) is 18.2 Å². The first-order valence-corrected chi connectivity index (χ1v) is 5.84. The summed E-state index contributed by atoms with van der Waals surface area (Å²) in [4.78, 5) is 0. The molecule has 0 amide bonds. The molecule has 2 nitrogen and oxygen atoms in total. The molecular formula is C12H15ClFNO. The van der Waals surface area contributed by atoms with Gasteiger partial charge in [0.25, 0.3) is 0 Å². The number of aliphatic hydroxyl groups is 1. The molecule has 2 rings (SSSR count). The molecule has 88 valence electrons. The molecular weight excluding hydrogens is 229 g/mol. The number of benzene rings is 1. The number of hydrogen-bond acceptors (Lipinski definition) is 2. The van der Waals surface area contributed by atoms with E-state index >= 15 is 0 Å². The van der Waals surface area contributed by atoms with Crippen LogP contribution in [0, 0.1) is 5.82 Å². The summed E-state index contributed by atoms with van der Waals surface area (Å²) in [5.41, 5.74) is -0.0612. The van der Waals surface area contributed by atoms with E-state index in [1.165, 1.54) is 18.2 Å². The highest BCUT2D eigenvalue weighted by molar-refractivity contribution is 6.31. The largest absolute Gasteiger partial charge is 0.389 e. The van der Waals surface area contributed by atoms with E-state index in [4.69, 9.17) is 11.6 Å². The lowest BCUT2D eigenvalue weighted by Gasteiger charge is -2.32. The first-order valence-electron chi connectivity index (χ1n) is 5.46. The minimum absolute atomic E-state index is 0.308. The van der Waals surface area contributed by atoms with Gasteiger partial charge in [-0.3, -0.25) is 0 Å². The number of piperidine rings is 1. The molecule has 1 fully saturated rings. The van der Waals surface area contributed by atoms with E-state index < -0.39 is 5.60 Å². The Morgan fingerprint density at radius 2 is 2.06 bits per heavy atom. The summed E-state index contributed by atoms with van der Waals surface area (Å²) in [6, 6.07) is 4.28. The average molecular weight is 244 g/mol. The number of halogens is 2. The van der Waals surface area contributed by atoms with Crippen molar-refractivity contribution in [3.8, 4) is 0 Å². The lowest BCUT2D eigenvalue weighted by Crippen LogP contribution is -2.43. The molecule has 0 spiro atoms. The van der Waals surface area contributed by atoms with Gasteiger partial charge in [-0.2, -0.15) is 0 Å². The molecule has 1 saturated heterocycles. The lowest BCUT2D eigenvalue weighted by molar-refractivity contribution is 0.0108. The predicted molar refractivity (Wildman–Crippen MR) is 62.2 cm³/mol. The third-order valence-corrected chi connectivity index (χ3v) is 3.43. The quantitative estimate of drug-likeness (QED) is 0.834. The van der Waals surface area contributed by atoms with Gasteiger partial charge in [0.15, 0.2) is 0 Å². The summed E-state index contributed by atoms with van der Waals surface area (Å²) in [6.07, 6.45) is 1.78. The van der Waals surface area contributed by atoms with Gasteiger partial charge >= 0.3 is 0 Å². The fourth-order valence-electron chi connectivity index (χ4n) is 2.10. The zero-order valence-corrected chi connectivity index (χ0v) is 9.73. The maximum atomic E-state index is 13.1. The molecule has 16 heavy (non-hydrogen) atoms. The van der Waals surface area contributed by atoms with Crippen LogP contribution in [0.2, 0.25) is 5.02 Å². The molecule has 0 radical (unpaired) electrons. The lowest BCUT2D eigenvalue weighted by atomic mass is 9.86. The molecule has 0 bridgehead atoms. The fourth-order valence-corrected chi connectivity index (χ4v) is 2.29. The van der Waals surface area contributed by atoms with Gasteiger partial charge < -0.3 is 10.4 Å². The van der Waals surface area contributed by atoms with Gasteiger partial charge in [0.2, 0.25) is 0 Å². The van der Waals surface area contributed by atoms with E-state index in [0.717, 1.165) is 13.1 Å². The minimum Gasteiger partial charge on any atom is -0.389 e. The van der Waals surface area contributed by atoms with Crippen LogP contribution >= 0.6 is 11.6 Å². The molecule has 2 N–H and O–H groups in total. The van der Waals surface area contributed by atoms with Crippen LogP contribution in [0.25, 0.3) is 0 Å². The van der Waals surface area contributed by atoms with E-state index in [1.54, 1.807) is 0 Å². The summed E-state index contributed by atoms with van der Waals surface area (Å²) in [5, 5.41) is 14.0. The Labute approximate surface area is 99.4 Å². The first kappa shape index (κ1) is 11.8. The molecule has 1 heterocycles. The van der Waals surface area contributed by atoms with Gasteiger partial charge in [-0.1, -0.05) is 11.6 Å². The Morgan fingerprint density at radius 1 is 1.38 bits per heavy atom. The molecule has 1 aromatic carbocycles. The van der Waals surface area contributed by atoms with Crippen molar-refractivity contribution in [2.24, 2.45) is 0 Å². The molecule has 0 unspecified atom stereocenters. The van der Waals surface area contributed by atoms with E-state index in [1.807, 2.05) is 0 Å². The zero-order valence-electron chi connectivity index (χ0n) is 8.97. The van der Waals surface area contributed by atoms with Crippen molar-refractivity contribution in [3.05, 3.63) is 34.6 Å².